The van der Waals surface area contributed by atoms with Gasteiger partial charge in [-0.1, -0.05) is 11.3 Å². The molecule has 1 saturated carbocycles. The lowest BCUT2D eigenvalue weighted by Gasteiger charge is -2.43. The number of pyridine rings is 1. The van der Waals surface area contributed by atoms with Gasteiger partial charge in [0, 0.05) is 30.2 Å². The van der Waals surface area contributed by atoms with Gasteiger partial charge >= 0.3 is 6.61 Å². The number of nitrogens with zero attached hydrogens (tertiary/aromatic N) is 5. The molecule has 6 rings (SSSR count). The predicted octanol–water partition coefficient (Wildman–Crippen LogP) is 4.23. The van der Waals surface area contributed by atoms with Crippen LogP contribution in [0.2, 0.25) is 0 Å². The lowest BCUT2D eigenvalue weighted by molar-refractivity contribution is -0.195. The van der Waals surface area contributed by atoms with Crippen molar-refractivity contribution < 1.29 is 35.5 Å². The molecule has 5 heterocycles. The maximum Gasteiger partial charge on any atom is 0.345 e. The standard InChI is InChI=1S/C24H28F4N6O4S2/c1-13-17(38-22(27)28)24(12-37-13)5-7-33(8-6-24)15-9-14(40(35,36)32-23(2)3-4-23)11-34-16(15)10-29-19(34)21-31-30-20(39-21)18(25)26/h9-11,13,17-18,22,32H,3-8,12H2,1-2H3/t13-,17?/m0/s1. The zero-order chi connectivity index (χ0) is 28.4. The highest BCUT2D eigenvalue weighted by Crippen LogP contribution is 2.46. The molecular formula is C24H28F4N6O4S2. The Kier molecular flexibility index (Phi) is 6.84. The van der Waals surface area contributed by atoms with E-state index in [9.17, 15) is 26.0 Å². The van der Waals surface area contributed by atoms with E-state index in [1.165, 1.54) is 16.8 Å². The van der Waals surface area contributed by atoms with Gasteiger partial charge in [-0.05, 0) is 45.6 Å². The topological polar surface area (TPSA) is 111 Å². The van der Waals surface area contributed by atoms with Gasteiger partial charge in [0.25, 0.3) is 6.43 Å². The van der Waals surface area contributed by atoms with E-state index in [1.54, 1.807) is 13.0 Å². The molecule has 1 unspecified atom stereocenters. The molecule has 3 aromatic heterocycles. The Morgan fingerprint density at radius 2 is 1.90 bits per heavy atom. The molecule has 3 fully saturated rings. The second-order valence-electron chi connectivity index (χ2n) is 11.0. The highest BCUT2D eigenvalue weighted by molar-refractivity contribution is 7.89. The molecule has 0 amide bonds. The molecule has 1 aliphatic carbocycles. The average Bonchev–Trinajstić information content (AvgIpc) is 3.25. The van der Waals surface area contributed by atoms with E-state index in [4.69, 9.17) is 9.47 Å². The van der Waals surface area contributed by atoms with Crippen molar-refractivity contribution in [2.45, 2.75) is 75.2 Å². The Morgan fingerprint density at radius 3 is 2.52 bits per heavy atom. The van der Waals surface area contributed by atoms with Crippen molar-refractivity contribution in [3.8, 4) is 10.8 Å². The normalized spacial score (nSPS) is 24.1. The van der Waals surface area contributed by atoms with E-state index in [1.807, 2.05) is 11.8 Å². The fourth-order valence-electron chi connectivity index (χ4n) is 5.65. The van der Waals surface area contributed by atoms with Crippen molar-refractivity contribution in [2.75, 3.05) is 24.6 Å². The number of halogens is 4. The molecule has 1 N–H and O–H groups in total. The van der Waals surface area contributed by atoms with Gasteiger partial charge in [-0.15, -0.1) is 10.2 Å². The molecule has 2 saturated heterocycles. The molecule has 0 radical (unpaired) electrons. The number of sulfonamides is 1. The quantitative estimate of drug-likeness (QED) is 0.381. The first-order valence-electron chi connectivity index (χ1n) is 12.9. The van der Waals surface area contributed by atoms with Crippen LogP contribution in [-0.2, 0) is 19.5 Å². The van der Waals surface area contributed by atoms with Crippen LogP contribution in [0.4, 0.5) is 23.2 Å². The van der Waals surface area contributed by atoms with Gasteiger partial charge < -0.3 is 14.4 Å². The van der Waals surface area contributed by atoms with Gasteiger partial charge in [-0.25, -0.2) is 26.9 Å². The predicted molar refractivity (Wildman–Crippen MR) is 137 cm³/mol. The SMILES string of the molecule is C[C@@H]1OCC2(CCN(c3cc(S(=O)(=O)NC4(C)CC4)cn4c(-c5nnc(C(F)F)s5)ncc34)CC2)C1OC(F)F. The van der Waals surface area contributed by atoms with Crippen LogP contribution in [0.1, 0.15) is 51.0 Å². The Labute approximate surface area is 231 Å². The minimum absolute atomic E-state index is 0.0157. The van der Waals surface area contributed by atoms with Crippen molar-refractivity contribution in [2.24, 2.45) is 5.41 Å². The van der Waals surface area contributed by atoms with Crippen LogP contribution in [0.3, 0.4) is 0 Å². The highest BCUT2D eigenvalue weighted by atomic mass is 32.2. The van der Waals surface area contributed by atoms with Crippen molar-refractivity contribution in [1.29, 1.82) is 0 Å². The van der Waals surface area contributed by atoms with Gasteiger partial charge in [-0.2, -0.15) is 8.78 Å². The summed E-state index contributed by atoms with van der Waals surface area (Å²) in [6.07, 6.45) is 1.33. The summed E-state index contributed by atoms with van der Waals surface area (Å²) in [6.45, 7) is 1.79. The number of hydrogen-bond acceptors (Lipinski definition) is 9. The summed E-state index contributed by atoms with van der Waals surface area (Å²) in [5, 5.41) is 7.06. The van der Waals surface area contributed by atoms with E-state index in [-0.39, 0.29) is 15.7 Å². The van der Waals surface area contributed by atoms with Crippen LogP contribution in [0.5, 0.6) is 0 Å². The van der Waals surface area contributed by atoms with Crippen molar-refractivity contribution in [3.63, 3.8) is 0 Å². The molecule has 10 nitrogen and oxygen atoms in total. The summed E-state index contributed by atoms with van der Waals surface area (Å²) in [5.74, 6) is 0.187. The van der Waals surface area contributed by atoms with Gasteiger partial charge in [0.15, 0.2) is 15.8 Å². The summed E-state index contributed by atoms with van der Waals surface area (Å²) in [7, 11) is -3.95. The first kappa shape index (κ1) is 27.8. The Morgan fingerprint density at radius 1 is 1.18 bits per heavy atom. The lowest BCUT2D eigenvalue weighted by atomic mass is 9.74. The third-order valence-electron chi connectivity index (χ3n) is 8.12. The number of fused-ring (bicyclic) bond motifs is 1. The largest absolute Gasteiger partial charge is 0.375 e. The first-order chi connectivity index (χ1) is 18.9. The second kappa shape index (κ2) is 9.86. The first-order valence-corrected chi connectivity index (χ1v) is 15.2. The van der Waals surface area contributed by atoms with E-state index in [0.29, 0.717) is 55.1 Å². The number of alkyl halides is 4. The Bertz CT molecular complexity index is 1520. The van der Waals surface area contributed by atoms with Crippen LogP contribution >= 0.6 is 11.3 Å². The van der Waals surface area contributed by atoms with Crippen LogP contribution in [-0.4, -0.2) is 72.1 Å². The van der Waals surface area contributed by atoms with Crippen LogP contribution < -0.4 is 9.62 Å². The van der Waals surface area contributed by atoms with E-state index in [0.717, 1.165) is 12.8 Å². The molecule has 1 spiro atoms. The van der Waals surface area contributed by atoms with Crippen LogP contribution in [0.25, 0.3) is 16.3 Å². The number of rotatable bonds is 8. The van der Waals surface area contributed by atoms with Crippen molar-refractivity contribution >= 4 is 32.6 Å². The number of anilines is 1. The number of nitrogens with one attached hydrogen (secondary N) is 1. The Hall–Kier alpha value is -2.40. The number of imidazole rings is 1. The maximum atomic E-state index is 13.4. The Balaban J connectivity index is 1.38. The maximum absolute atomic E-state index is 13.4. The zero-order valence-electron chi connectivity index (χ0n) is 21.7. The van der Waals surface area contributed by atoms with Crippen molar-refractivity contribution in [1.82, 2.24) is 24.3 Å². The molecule has 3 aromatic rings. The molecule has 16 heteroatoms. The smallest absolute Gasteiger partial charge is 0.345 e. The number of hydrogen-bond donors (Lipinski definition) is 1. The summed E-state index contributed by atoms with van der Waals surface area (Å²) in [6, 6.07) is 1.57. The fraction of sp³-hybridized carbons (Fsp3) is 0.625. The van der Waals surface area contributed by atoms with Gasteiger partial charge in [0.1, 0.15) is 4.90 Å². The molecule has 0 aromatic carbocycles. The molecular weight excluding hydrogens is 576 g/mol. The molecule has 218 valence electrons. The monoisotopic (exact) mass is 604 g/mol. The molecule has 40 heavy (non-hydrogen) atoms. The van der Waals surface area contributed by atoms with Crippen molar-refractivity contribution in [3.05, 3.63) is 23.5 Å². The van der Waals surface area contributed by atoms with Crippen LogP contribution in [0, 0.1) is 5.41 Å². The second-order valence-corrected chi connectivity index (χ2v) is 13.7. The third-order valence-corrected chi connectivity index (χ3v) is 10.6. The van der Waals surface area contributed by atoms with Crippen LogP contribution in [0.15, 0.2) is 23.4 Å². The van der Waals surface area contributed by atoms with Gasteiger partial charge in [0.2, 0.25) is 10.0 Å². The van der Waals surface area contributed by atoms with E-state index < -0.39 is 51.2 Å². The van der Waals surface area contributed by atoms with Gasteiger partial charge in [0.05, 0.1) is 36.2 Å². The minimum Gasteiger partial charge on any atom is -0.375 e. The number of ether oxygens (including phenoxy) is 2. The summed E-state index contributed by atoms with van der Waals surface area (Å²) in [4.78, 5) is 6.36. The van der Waals surface area contributed by atoms with Gasteiger partial charge in [-0.3, -0.25) is 4.40 Å². The third kappa shape index (κ3) is 4.97. The summed E-state index contributed by atoms with van der Waals surface area (Å²) in [5.41, 5.74) is 0.00744. The summed E-state index contributed by atoms with van der Waals surface area (Å²) < 4.78 is 94.6. The number of piperidine rings is 1. The zero-order valence-corrected chi connectivity index (χ0v) is 23.3. The highest BCUT2D eigenvalue weighted by Gasteiger charge is 2.51. The lowest BCUT2D eigenvalue weighted by Crippen LogP contribution is -2.48. The fourth-order valence-corrected chi connectivity index (χ4v) is 7.83. The molecule has 2 atom stereocenters. The van der Waals surface area contributed by atoms with E-state index in [2.05, 4.69) is 19.9 Å². The average molecular weight is 605 g/mol. The molecule has 0 bridgehead atoms. The van der Waals surface area contributed by atoms with E-state index >= 15 is 0 Å². The minimum atomic E-state index is -3.95. The number of aromatic nitrogens is 4. The summed E-state index contributed by atoms with van der Waals surface area (Å²) >= 11 is 0.683. The molecule has 3 aliphatic rings. The molecule has 2 aliphatic heterocycles.